The number of sulfone groups is 1. The van der Waals surface area contributed by atoms with Crippen LogP contribution in [0.5, 0.6) is 0 Å². The van der Waals surface area contributed by atoms with Crippen molar-refractivity contribution in [1.29, 1.82) is 0 Å². The molecule has 19 heavy (non-hydrogen) atoms. The minimum Gasteiger partial charge on any atom is -0.480 e. The fourth-order valence-electron chi connectivity index (χ4n) is 2.46. The van der Waals surface area contributed by atoms with Gasteiger partial charge >= 0.3 is 5.97 Å². The average Bonchev–Trinajstić information content (AvgIpc) is 2.25. The number of aryl methyl sites for hydroxylation is 2. The molecule has 0 spiro atoms. The highest BCUT2D eigenvalue weighted by atomic mass is 32.2. The van der Waals surface area contributed by atoms with Crippen molar-refractivity contribution in [3.63, 3.8) is 0 Å². The normalized spacial score (nSPS) is 26.0. The molecule has 2 unspecified atom stereocenters. The summed E-state index contributed by atoms with van der Waals surface area (Å²) < 4.78 is 23.6. The Balaban J connectivity index is 2.35. The summed E-state index contributed by atoms with van der Waals surface area (Å²) in [5.74, 6) is -1.53. The van der Waals surface area contributed by atoms with Crippen molar-refractivity contribution in [2.45, 2.75) is 25.9 Å². The second-order valence-electron chi connectivity index (χ2n) is 5.11. The molecule has 0 bridgehead atoms. The number of rotatable bonds is 2. The summed E-state index contributed by atoms with van der Waals surface area (Å²) >= 11 is 0. The molecule has 104 valence electrons. The van der Waals surface area contributed by atoms with Crippen molar-refractivity contribution in [3.8, 4) is 0 Å². The Kier molecular flexibility index (Phi) is 3.64. The van der Waals surface area contributed by atoms with Gasteiger partial charge in [0.2, 0.25) is 0 Å². The maximum Gasteiger partial charge on any atom is 0.321 e. The molecule has 2 atom stereocenters. The average molecular weight is 283 g/mol. The minimum atomic E-state index is -3.34. The molecular formula is C13H17NO4S. The van der Waals surface area contributed by atoms with Gasteiger partial charge in [0, 0.05) is 6.04 Å². The van der Waals surface area contributed by atoms with Crippen LogP contribution in [0.3, 0.4) is 0 Å². The number of aliphatic carboxylic acids is 1. The van der Waals surface area contributed by atoms with Crippen LogP contribution in [-0.2, 0) is 14.6 Å². The topological polar surface area (TPSA) is 83.5 Å². The molecule has 1 aromatic rings. The van der Waals surface area contributed by atoms with Gasteiger partial charge in [-0.3, -0.25) is 10.1 Å². The Bertz CT molecular complexity index is 589. The molecule has 0 aliphatic carbocycles. The van der Waals surface area contributed by atoms with E-state index in [2.05, 4.69) is 5.32 Å². The molecule has 1 aliphatic rings. The highest BCUT2D eigenvalue weighted by Gasteiger charge is 2.35. The molecule has 0 radical (unpaired) electrons. The van der Waals surface area contributed by atoms with Gasteiger partial charge in [-0.1, -0.05) is 29.3 Å². The SMILES string of the molecule is Cc1cc(C)cc(C2CS(=O)(=O)CC(C(=O)O)N2)c1. The van der Waals surface area contributed by atoms with E-state index in [4.69, 9.17) is 5.11 Å². The van der Waals surface area contributed by atoms with Gasteiger partial charge in [-0.25, -0.2) is 8.42 Å². The Morgan fingerprint density at radius 1 is 1.21 bits per heavy atom. The van der Waals surface area contributed by atoms with E-state index in [1.807, 2.05) is 32.0 Å². The van der Waals surface area contributed by atoms with Crippen LogP contribution >= 0.6 is 0 Å². The molecule has 2 rings (SSSR count). The lowest BCUT2D eigenvalue weighted by atomic mass is 10.0. The van der Waals surface area contributed by atoms with Crippen LogP contribution in [0.25, 0.3) is 0 Å². The summed E-state index contributed by atoms with van der Waals surface area (Å²) in [5.41, 5.74) is 2.89. The van der Waals surface area contributed by atoms with Crippen molar-refractivity contribution in [1.82, 2.24) is 5.32 Å². The molecule has 1 aromatic carbocycles. The summed E-state index contributed by atoms with van der Waals surface area (Å²) in [6, 6.07) is 4.28. The fraction of sp³-hybridized carbons (Fsp3) is 0.462. The molecule has 0 saturated carbocycles. The third kappa shape index (κ3) is 3.33. The lowest BCUT2D eigenvalue weighted by Gasteiger charge is -2.29. The van der Waals surface area contributed by atoms with Crippen molar-refractivity contribution < 1.29 is 18.3 Å². The largest absolute Gasteiger partial charge is 0.480 e. The first kappa shape index (κ1) is 14.0. The molecule has 1 aliphatic heterocycles. The van der Waals surface area contributed by atoms with Crippen molar-refractivity contribution in [2.24, 2.45) is 0 Å². The predicted octanol–water partition coefficient (Wildman–Crippen LogP) is 0.816. The number of nitrogens with one attached hydrogen (secondary N) is 1. The van der Waals surface area contributed by atoms with Crippen molar-refractivity contribution in [2.75, 3.05) is 11.5 Å². The number of carboxylic acid groups (broad SMARTS) is 1. The van der Waals surface area contributed by atoms with Crippen LogP contribution in [0, 0.1) is 13.8 Å². The summed E-state index contributed by atoms with van der Waals surface area (Å²) in [6.07, 6.45) is 0. The van der Waals surface area contributed by atoms with E-state index in [9.17, 15) is 13.2 Å². The highest BCUT2D eigenvalue weighted by molar-refractivity contribution is 7.91. The number of hydrogen-bond acceptors (Lipinski definition) is 4. The van der Waals surface area contributed by atoms with Gasteiger partial charge < -0.3 is 5.11 Å². The van der Waals surface area contributed by atoms with Crippen LogP contribution in [0.15, 0.2) is 18.2 Å². The Labute approximate surface area is 112 Å². The molecule has 1 heterocycles. The van der Waals surface area contributed by atoms with Crippen molar-refractivity contribution in [3.05, 3.63) is 34.9 Å². The fourth-order valence-corrected chi connectivity index (χ4v) is 4.14. The molecule has 6 heteroatoms. The second-order valence-corrected chi connectivity index (χ2v) is 7.26. The minimum absolute atomic E-state index is 0.0559. The number of carboxylic acids is 1. The van der Waals surface area contributed by atoms with Crippen LogP contribution in [-0.4, -0.2) is 37.0 Å². The molecule has 0 aromatic heterocycles. The van der Waals surface area contributed by atoms with Gasteiger partial charge in [0.1, 0.15) is 6.04 Å². The quantitative estimate of drug-likeness (QED) is 0.839. The maximum atomic E-state index is 11.8. The van der Waals surface area contributed by atoms with E-state index in [0.29, 0.717) is 0 Å². The second kappa shape index (κ2) is 4.94. The van der Waals surface area contributed by atoms with E-state index in [1.54, 1.807) is 0 Å². The van der Waals surface area contributed by atoms with Crippen LogP contribution in [0.4, 0.5) is 0 Å². The first-order chi connectivity index (χ1) is 8.77. The lowest BCUT2D eigenvalue weighted by Crippen LogP contribution is -2.51. The Morgan fingerprint density at radius 2 is 1.79 bits per heavy atom. The third-order valence-corrected chi connectivity index (χ3v) is 4.87. The van der Waals surface area contributed by atoms with Gasteiger partial charge in [-0.15, -0.1) is 0 Å². The van der Waals surface area contributed by atoms with E-state index >= 15 is 0 Å². The zero-order valence-electron chi connectivity index (χ0n) is 10.9. The Morgan fingerprint density at radius 3 is 2.32 bits per heavy atom. The van der Waals surface area contributed by atoms with Gasteiger partial charge in [-0.2, -0.15) is 0 Å². The van der Waals surface area contributed by atoms with E-state index < -0.39 is 27.9 Å². The highest BCUT2D eigenvalue weighted by Crippen LogP contribution is 2.23. The Hall–Kier alpha value is -1.40. The standard InChI is InChI=1S/C13H17NO4S/c1-8-3-9(2)5-10(4-8)11-6-19(17,18)7-12(14-11)13(15)16/h3-5,11-12,14H,6-7H2,1-2H3,(H,15,16). The van der Waals surface area contributed by atoms with E-state index in [1.165, 1.54) is 0 Å². The first-order valence-electron chi connectivity index (χ1n) is 6.04. The molecule has 2 N–H and O–H groups in total. The first-order valence-corrected chi connectivity index (χ1v) is 7.86. The molecular weight excluding hydrogens is 266 g/mol. The lowest BCUT2D eigenvalue weighted by molar-refractivity contribution is -0.139. The van der Waals surface area contributed by atoms with Crippen LogP contribution < -0.4 is 5.32 Å². The third-order valence-electron chi connectivity index (χ3n) is 3.19. The molecule has 1 fully saturated rings. The monoisotopic (exact) mass is 283 g/mol. The van der Waals surface area contributed by atoms with Crippen LogP contribution in [0.1, 0.15) is 22.7 Å². The maximum absolute atomic E-state index is 11.8. The molecule has 0 amide bonds. The molecule has 1 saturated heterocycles. The van der Waals surface area contributed by atoms with Crippen LogP contribution in [0.2, 0.25) is 0 Å². The molecule has 5 nitrogen and oxygen atoms in total. The summed E-state index contributed by atoms with van der Waals surface area (Å²) in [7, 11) is -3.34. The van der Waals surface area contributed by atoms with Gasteiger partial charge in [-0.05, 0) is 19.4 Å². The predicted molar refractivity (Wildman–Crippen MR) is 71.9 cm³/mol. The van der Waals surface area contributed by atoms with E-state index in [-0.39, 0.29) is 11.5 Å². The van der Waals surface area contributed by atoms with Crippen molar-refractivity contribution >= 4 is 15.8 Å². The smallest absolute Gasteiger partial charge is 0.321 e. The van der Waals surface area contributed by atoms with Gasteiger partial charge in [0.05, 0.1) is 11.5 Å². The number of benzene rings is 1. The summed E-state index contributed by atoms with van der Waals surface area (Å²) in [6.45, 7) is 3.87. The van der Waals surface area contributed by atoms with E-state index in [0.717, 1.165) is 16.7 Å². The van der Waals surface area contributed by atoms with Gasteiger partial charge in [0.25, 0.3) is 0 Å². The van der Waals surface area contributed by atoms with Gasteiger partial charge in [0.15, 0.2) is 9.84 Å². The summed E-state index contributed by atoms with van der Waals surface area (Å²) in [5, 5.41) is 11.9. The zero-order valence-corrected chi connectivity index (χ0v) is 11.7. The summed E-state index contributed by atoms with van der Waals surface area (Å²) in [4.78, 5) is 11.0. The zero-order chi connectivity index (χ0) is 14.2. The number of carbonyl (C=O) groups is 1. The number of hydrogen-bond donors (Lipinski definition) is 2.